The van der Waals surface area contributed by atoms with Crippen molar-refractivity contribution < 1.29 is 9.53 Å². The van der Waals surface area contributed by atoms with Crippen molar-refractivity contribution in [1.82, 2.24) is 4.98 Å². The monoisotopic (exact) mass is 239 g/mol. The van der Waals surface area contributed by atoms with Gasteiger partial charge in [0.1, 0.15) is 5.75 Å². The molecule has 0 N–H and O–H groups in total. The molecule has 0 aliphatic heterocycles. The largest absolute Gasteiger partial charge is 0.497 e. The van der Waals surface area contributed by atoms with Crippen LogP contribution >= 0.6 is 0 Å². The third-order valence-corrected chi connectivity index (χ3v) is 2.49. The first-order chi connectivity index (χ1) is 8.79. The molecule has 0 spiro atoms. The summed E-state index contributed by atoms with van der Waals surface area (Å²) in [7, 11) is 1.62. The third kappa shape index (κ3) is 3.04. The zero-order valence-corrected chi connectivity index (χ0v) is 10.0. The Morgan fingerprint density at radius 2 is 2.00 bits per heavy atom. The molecule has 3 nitrogen and oxygen atoms in total. The van der Waals surface area contributed by atoms with E-state index in [0.717, 1.165) is 11.3 Å². The van der Waals surface area contributed by atoms with Crippen LogP contribution in [0.3, 0.4) is 0 Å². The van der Waals surface area contributed by atoms with E-state index in [1.807, 2.05) is 24.3 Å². The quantitative estimate of drug-likeness (QED) is 0.608. The normalized spacial score (nSPS) is 10.5. The Balaban J connectivity index is 2.13. The minimum Gasteiger partial charge on any atom is -0.497 e. The number of aromatic nitrogens is 1. The lowest BCUT2D eigenvalue weighted by Crippen LogP contribution is -1.93. The van der Waals surface area contributed by atoms with Gasteiger partial charge in [0.05, 0.1) is 7.11 Å². The van der Waals surface area contributed by atoms with Crippen molar-refractivity contribution in [2.75, 3.05) is 7.11 Å². The van der Waals surface area contributed by atoms with Crippen molar-refractivity contribution in [3.05, 3.63) is 66.0 Å². The fourth-order valence-corrected chi connectivity index (χ4v) is 1.53. The van der Waals surface area contributed by atoms with Gasteiger partial charge in [-0.1, -0.05) is 18.2 Å². The van der Waals surface area contributed by atoms with Gasteiger partial charge in [-0.3, -0.25) is 9.78 Å². The molecule has 0 unspecified atom stereocenters. The molecular formula is C15H13NO2. The van der Waals surface area contributed by atoms with Gasteiger partial charge in [0.2, 0.25) is 0 Å². The molecule has 1 aromatic heterocycles. The molecule has 0 aliphatic rings. The maximum absolute atomic E-state index is 11.8. The van der Waals surface area contributed by atoms with Crippen molar-refractivity contribution in [3.8, 4) is 5.75 Å². The van der Waals surface area contributed by atoms with Crippen LogP contribution in [-0.2, 0) is 0 Å². The highest BCUT2D eigenvalue weighted by atomic mass is 16.5. The number of pyridine rings is 1. The van der Waals surface area contributed by atoms with Crippen LogP contribution in [0.1, 0.15) is 15.9 Å². The van der Waals surface area contributed by atoms with E-state index >= 15 is 0 Å². The number of hydrogen-bond donors (Lipinski definition) is 0. The van der Waals surface area contributed by atoms with Gasteiger partial charge in [-0.2, -0.15) is 0 Å². The maximum Gasteiger partial charge on any atom is 0.185 e. The molecule has 2 aromatic rings. The lowest BCUT2D eigenvalue weighted by Gasteiger charge is -2.00. The highest BCUT2D eigenvalue weighted by Crippen LogP contribution is 2.14. The van der Waals surface area contributed by atoms with E-state index in [1.165, 1.54) is 0 Å². The van der Waals surface area contributed by atoms with E-state index in [9.17, 15) is 4.79 Å². The fourth-order valence-electron chi connectivity index (χ4n) is 1.53. The molecule has 0 saturated heterocycles. The Bertz CT molecular complexity index is 562. The second-order valence-electron chi connectivity index (χ2n) is 3.71. The number of ether oxygens (including phenoxy) is 1. The number of methoxy groups -OCH3 is 1. The first-order valence-electron chi connectivity index (χ1n) is 5.56. The summed E-state index contributed by atoms with van der Waals surface area (Å²) in [4.78, 5) is 15.7. The van der Waals surface area contributed by atoms with Gasteiger partial charge in [-0.05, 0) is 35.9 Å². The second kappa shape index (κ2) is 5.77. The average molecular weight is 239 g/mol. The Hall–Kier alpha value is -2.42. The van der Waals surface area contributed by atoms with Gasteiger partial charge in [0, 0.05) is 18.0 Å². The van der Waals surface area contributed by atoms with Crippen molar-refractivity contribution >= 4 is 11.9 Å². The smallest absolute Gasteiger partial charge is 0.185 e. The number of carbonyl (C=O) groups is 1. The van der Waals surface area contributed by atoms with Crippen LogP contribution in [0.25, 0.3) is 6.08 Å². The van der Waals surface area contributed by atoms with Gasteiger partial charge in [0.15, 0.2) is 5.78 Å². The van der Waals surface area contributed by atoms with E-state index in [0.29, 0.717) is 5.56 Å². The van der Waals surface area contributed by atoms with Crippen molar-refractivity contribution in [2.45, 2.75) is 0 Å². The molecule has 1 aromatic carbocycles. The molecule has 0 radical (unpaired) electrons. The number of carbonyl (C=O) groups excluding carboxylic acids is 1. The first kappa shape index (κ1) is 12.0. The Morgan fingerprint density at radius 3 is 2.72 bits per heavy atom. The molecule has 3 heteroatoms. The molecule has 1 heterocycles. The molecule has 0 bridgehead atoms. The zero-order chi connectivity index (χ0) is 12.8. The van der Waals surface area contributed by atoms with Crippen LogP contribution in [0.15, 0.2) is 54.9 Å². The molecule has 0 amide bonds. The summed E-state index contributed by atoms with van der Waals surface area (Å²) < 4.78 is 5.12. The molecule has 90 valence electrons. The van der Waals surface area contributed by atoms with E-state index in [2.05, 4.69) is 4.98 Å². The molecule has 0 atom stereocenters. The van der Waals surface area contributed by atoms with Gasteiger partial charge >= 0.3 is 0 Å². The van der Waals surface area contributed by atoms with E-state index in [4.69, 9.17) is 4.74 Å². The van der Waals surface area contributed by atoms with Crippen LogP contribution in [-0.4, -0.2) is 17.9 Å². The van der Waals surface area contributed by atoms with Gasteiger partial charge in [-0.25, -0.2) is 0 Å². The summed E-state index contributed by atoms with van der Waals surface area (Å²) in [5.41, 5.74) is 1.56. The van der Waals surface area contributed by atoms with Crippen LogP contribution < -0.4 is 4.74 Å². The van der Waals surface area contributed by atoms with Gasteiger partial charge < -0.3 is 4.74 Å². The van der Waals surface area contributed by atoms with Crippen LogP contribution in [0, 0.1) is 0 Å². The zero-order valence-electron chi connectivity index (χ0n) is 10.0. The van der Waals surface area contributed by atoms with Crippen molar-refractivity contribution in [3.63, 3.8) is 0 Å². The second-order valence-corrected chi connectivity index (χ2v) is 3.71. The summed E-state index contributed by atoms with van der Waals surface area (Å²) in [5.74, 6) is 0.730. The number of nitrogens with zero attached hydrogens (tertiary/aromatic N) is 1. The Kier molecular flexibility index (Phi) is 3.86. The topological polar surface area (TPSA) is 39.2 Å². The van der Waals surface area contributed by atoms with Gasteiger partial charge in [0.25, 0.3) is 0 Å². The standard InChI is InChI=1S/C15H13NO2/c1-18-14-4-2-3-12(11-14)5-6-15(17)13-7-9-16-10-8-13/h2-11H,1H3/b6-5+. The van der Waals surface area contributed by atoms with Crippen LogP contribution in [0.5, 0.6) is 5.75 Å². The van der Waals surface area contributed by atoms with Crippen LogP contribution in [0.2, 0.25) is 0 Å². The predicted octanol–water partition coefficient (Wildman–Crippen LogP) is 2.99. The Morgan fingerprint density at radius 1 is 1.22 bits per heavy atom. The molecule has 0 aliphatic carbocycles. The molecule has 0 saturated carbocycles. The Labute approximate surface area is 106 Å². The highest BCUT2D eigenvalue weighted by molar-refractivity contribution is 6.06. The summed E-state index contributed by atoms with van der Waals surface area (Å²) in [5, 5.41) is 0. The minimum absolute atomic E-state index is 0.0415. The first-order valence-corrected chi connectivity index (χ1v) is 5.56. The third-order valence-electron chi connectivity index (χ3n) is 2.49. The summed E-state index contributed by atoms with van der Waals surface area (Å²) in [6, 6.07) is 10.9. The fraction of sp³-hybridized carbons (Fsp3) is 0.0667. The summed E-state index contributed by atoms with van der Waals surface area (Å²) >= 11 is 0. The van der Waals surface area contributed by atoms with E-state index in [-0.39, 0.29) is 5.78 Å². The maximum atomic E-state index is 11.8. The molecule has 2 rings (SSSR count). The van der Waals surface area contributed by atoms with Crippen molar-refractivity contribution in [2.24, 2.45) is 0 Å². The lowest BCUT2D eigenvalue weighted by molar-refractivity contribution is 0.104. The number of ketones is 1. The number of rotatable bonds is 4. The number of benzene rings is 1. The summed E-state index contributed by atoms with van der Waals surface area (Å²) in [6.07, 6.45) is 6.52. The SMILES string of the molecule is COc1cccc(/C=C/C(=O)c2ccncc2)c1. The molecule has 18 heavy (non-hydrogen) atoms. The number of hydrogen-bond acceptors (Lipinski definition) is 3. The predicted molar refractivity (Wildman–Crippen MR) is 70.6 cm³/mol. The average Bonchev–Trinajstić information content (AvgIpc) is 2.46. The molecular weight excluding hydrogens is 226 g/mol. The van der Waals surface area contributed by atoms with Crippen LogP contribution in [0.4, 0.5) is 0 Å². The van der Waals surface area contributed by atoms with E-state index in [1.54, 1.807) is 43.8 Å². The van der Waals surface area contributed by atoms with Crippen molar-refractivity contribution in [1.29, 1.82) is 0 Å². The molecule has 0 fully saturated rings. The number of allylic oxidation sites excluding steroid dienone is 1. The summed E-state index contributed by atoms with van der Waals surface area (Å²) in [6.45, 7) is 0. The lowest BCUT2D eigenvalue weighted by atomic mass is 10.1. The van der Waals surface area contributed by atoms with Gasteiger partial charge in [-0.15, -0.1) is 0 Å². The van der Waals surface area contributed by atoms with E-state index < -0.39 is 0 Å². The minimum atomic E-state index is -0.0415. The highest BCUT2D eigenvalue weighted by Gasteiger charge is 2.00.